The Morgan fingerprint density at radius 2 is 2.08 bits per heavy atom. The maximum Gasteiger partial charge on any atom is 0.351 e. The third-order valence-electron chi connectivity index (χ3n) is 4.14. The summed E-state index contributed by atoms with van der Waals surface area (Å²) in [4.78, 5) is 23.9. The first-order valence-corrected chi connectivity index (χ1v) is 7.79. The van der Waals surface area contributed by atoms with Crippen molar-refractivity contribution in [3.63, 3.8) is 0 Å². The standard InChI is InChI=1S/C17H18N2O5/c1-17(10-18,11-6-7-11)19-15(20)9-23-16(21)14-8-22-12-4-2-3-5-13(12)24-14/h2-5,11,14H,6-9H2,1H3,(H,19,20)/t14-,17+/m0/s1. The van der Waals surface area contributed by atoms with Gasteiger partial charge in [0.2, 0.25) is 6.10 Å². The summed E-state index contributed by atoms with van der Waals surface area (Å²) in [5.41, 5.74) is -0.910. The average Bonchev–Trinajstić information content (AvgIpc) is 3.44. The van der Waals surface area contributed by atoms with Crippen molar-refractivity contribution < 1.29 is 23.8 Å². The molecule has 1 N–H and O–H groups in total. The molecular formula is C17H18N2O5. The molecule has 2 atom stereocenters. The monoisotopic (exact) mass is 330 g/mol. The average molecular weight is 330 g/mol. The number of carbonyl (C=O) groups excluding carboxylic acids is 2. The fourth-order valence-electron chi connectivity index (χ4n) is 2.57. The zero-order valence-corrected chi connectivity index (χ0v) is 13.3. The molecule has 1 heterocycles. The second-order valence-corrected chi connectivity index (χ2v) is 6.11. The van der Waals surface area contributed by atoms with Crippen LogP contribution in [0.2, 0.25) is 0 Å². The number of benzene rings is 1. The number of ether oxygens (including phenoxy) is 3. The number of amides is 1. The molecule has 3 rings (SSSR count). The molecule has 0 radical (unpaired) electrons. The van der Waals surface area contributed by atoms with Gasteiger partial charge in [-0.3, -0.25) is 4.79 Å². The Hall–Kier alpha value is -2.75. The number of nitrogens with one attached hydrogen (secondary N) is 1. The van der Waals surface area contributed by atoms with Gasteiger partial charge in [-0.25, -0.2) is 4.79 Å². The lowest BCUT2D eigenvalue weighted by Crippen LogP contribution is -2.48. The number of para-hydroxylation sites is 2. The first-order valence-electron chi connectivity index (χ1n) is 7.79. The van der Waals surface area contributed by atoms with Gasteiger partial charge in [0.05, 0.1) is 6.07 Å². The lowest BCUT2D eigenvalue weighted by Gasteiger charge is -2.25. The van der Waals surface area contributed by atoms with Crippen LogP contribution in [0, 0.1) is 17.2 Å². The van der Waals surface area contributed by atoms with Crippen molar-refractivity contribution >= 4 is 11.9 Å². The summed E-state index contributed by atoms with van der Waals surface area (Å²) in [6, 6.07) is 9.12. The fourth-order valence-corrected chi connectivity index (χ4v) is 2.57. The Bertz CT molecular complexity index is 694. The number of fused-ring (bicyclic) bond motifs is 1. The quantitative estimate of drug-likeness (QED) is 0.814. The summed E-state index contributed by atoms with van der Waals surface area (Å²) >= 11 is 0. The molecule has 7 nitrogen and oxygen atoms in total. The minimum atomic E-state index is -0.918. The molecule has 24 heavy (non-hydrogen) atoms. The Morgan fingerprint density at radius 3 is 2.75 bits per heavy atom. The molecule has 1 aliphatic carbocycles. The van der Waals surface area contributed by atoms with Crippen LogP contribution < -0.4 is 14.8 Å². The van der Waals surface area contributed by atoms with Crippen molar-refractivity contribution in [3.05, 3.63) is 24.3 Å². The van der Waals surface area contributed by atoms with Gasteiger partial charge in [0.15, 0.2) is 18.1 Å². The molecule has 1 saturated carbocycles. The van der Waals surface area contributed by atoms with Crippen LogP contribution in [0.25, 0.3) is 0 Å². The number of carbonyl (C=O) groups is 2. The fraction of sp³-hybridized carbons (Fsp3) is 0.471. The number of hydrogen-bond acceptors (Lipinski definition) is 6. The molecule has 0 bridgehead atoms. The summed E-state index contributed by atoms with van der Waals surface area (Å²) in [5, 5.41) is 11.8. The molecule has 7 heteroatoms. The second-order valence-electron chi connectivity index (χ2n) is 6.11. The van der Waals surface area contributed by atoms with E-state index in [4.69, 9.17) is 14.2 Å². The van der Waals surface area contributed by atoms with Crippen molar-refractivity contribution in [3.8, 4) is 17.6 Å². The lowest BCUT2D eigenvalue weighted by atomic mass is 9.98. The Balaban J connectivity index is 1.49. The summed E-state index contributed by atoms with van der Waals surface area (Å²) in [5.74, 6) is 0.00403. The van der Waals surface area contributed by atoms with Crippen LogP contribution in [0.15, 0.2) is 24.3 Å². The molecule has 1 aromatic carbocycles. The molecule has 0 unspecified atom stereocenters. The topological polar surface area (TPSA) is 97.7 Å². The zero-order valence-electron chi connectivity index (χ0n) is 13.3. The Labute approximate surface area is 139 Å². The zero-order chi connectivity index (χ0) is 17.2. The van der Waals surface area contributed by atoms with Crippen molar-refractivity contribution in [1.82, 2.24) is 5.32 Å². The third-order valence-corrected chi connectivity index (χ3v) is 4.14. The first-order chi connectivity index (χ1) is 11.5. The van der Waals surface area contributed by atoms with E-state index in [-0.39, 0.29) is 12.5 Å². The summed E-state index contributed by atoms with van der Waals surface area (Å²) < 4.78 is 15.9. The maximum absolute atomic E-state index is 12.0. The number of esters is 1. The SMILES string of the molecule is C[C@](C#N)(NC(=O)COC(=O)[C@@H]1COc2ccccc2O1)C1CC1. The van der Waals surface area contributed by atoms with Gasteiger partial charge in [0.1, 0.15) is 12.1 Å². The second kappa shape index (κ2) is 6.40. The molecule has 0 spiro atoms. The smallest absolute Gasteiger partial charge is 0.351 e. The molecule has 0 saturated heterocycles. The van der Waals surface area contributed by atoms with Crippen molar-refractivity contribution in [1.29, 1.82) is 5.26 Å². The van der Waals surface area contributed by atoms with Crippen LogP contribution in [0.1, 0.15) is 19.8 Å². The predicted octanol–water partition coefficient (Wildman–Crippen LogP) is 1.18. The molecule has 1 aliphatic heterocycles. The van der Waals surface area contributed by atoms with Gasteiger partial charge in [-0.05, 0) is 37.8 Å². The van der Waals surface area contributed by atoms with E-state index in [0.29, 0.717) is 11.5 Å². The van der Waals surface area contributed by atoms with Crippen molar-refractivity contribution in [2.45, 2.75) is 31.4 Å². The van der Waals surface area contributed by atoms with Crippen LogP contribution in [0.5, 0.6) is 11.5 Å². The van der Waals surface area contributed by atoms with Crippen LogP contribution in [0.3, 0.4) is 0 Å². The van der Waals surface area contributed by atoms with Crippen LogP contribution in [-0.4, -0.2) is 36.7 Å². The van der Waals surface area contributed by atoms with Crippen LogP contribution >= 0.6 is 0 Å². The van der Waals surface area contributed by atoms with Gasteiger partial charge >= 0.3 is 5.97 Å². The first kappa shape index (κ1) is 16.1. The van der Waals surface area contributed by atoms with Gasteiger partial charge in [0.25, 0.3) is 5.91 Å². The summed E-state index contributed by atoms with van der Waals surface area (Å²) in [7, 11) is 0. The van der Waals surface area contributed by atoms with Gasteiger partial charge in [0, 0.05) is 0 Å². The lowest BCUT2D eigenvalue weighted by molar-refractivity contribution is -0.158. The number of nitriles is 1. The van der Waals surface area contributed by atoms with Gasteiger partial charge in [-0.1, -0.05) is 12.1 Å². The van der Waals surface area contributed by atoms with E-state index in [9.17, 15) is 14.9 Å². The van der Waals surface area contributed by atoms with E-state index in [1.165, 1.54) is 0 Å². The number of nitrogens with zero attached hydrogens (tertiary/aromatic N) is 1. The van der Waals surface area contributed by atoms with Gasteiger partial charge < -0.3 is 19.5 Å². The highest BCUT2D eigenvalue weighted by molar-refractivity contribution is 5.83. The Morgan fingerprint density at radius 1 is 1.38 bits per heavy atom. The summed E-state index contributed by atoms with van der Waals surface area (Å²) in [6.45, 7) is 1.25. The van der Waals surface area contributed by atoms with Crippen LogP contribution in [0.4, 0.5) is 0 Å². The van der Waals surface area contributed by atoms with Crippen molar-refractivity contribution in [2.24, 2.45) is 5.92 Å². The molecule has 126 valence electrons. The molecule has 1 amide bonds. The minimum absolute atomic E-state index is 0.0233. The molecular weight excluding hydrogens is 312 g/mol. The van der Waals surface area contributed by atoms with Gasteiger partial charge in [-0.2, -0.15) is 5.26 Å². The maximum atomic E-state index is 12.0. The van der Waals surface area contributed by atoms with Gasteiger partial charge in [-0.15, -0.1) is 0 Å². The van der Waals surface area contributed by atoms with E-state index < -0.39 is 30.1 Å². The molecule has 1 fully saturated rings. The highest BCUT2D eigenvalue weighted by atomic mass is 16.6. The summed E-state index contributed by atoms with van der Waals surface area (Å²) in [6.07, 6.45) is 0.909. The minimum Gasteiger partial charge on any atom is -0.485 e. The number of rotatable bonds is 5. The third kappa shape index (κ3) is 3.43. The van der Waals surface area contributed by atoms with E-state index in [1.807, 2.05) is 0 Å². The molecule has 0 aromatic heterocycles. The van der Waals surface area contributed by atoms with Crippen molar-refractivity contribution in [2.75, 3.05) is 13.2 Å². The van der Waals surface area contributed by atoms with E-state index >= 15 is 0 Å². The largest absolute Gasteiger partial charge is 0.485 e. The van der Waals surface area contributed by atoms with E-state index in [0.717, 1.165) is 12.8 Å². The predicted molar refractivity (Wildman–Crippen MR) is 82.2 cm³/mol. The molecule has 1 aromatic rings. The Kier molecular flexibility index (Phi) is 4.30. The normalized spacial score (nSPS) is 21.1. The highest BCUT2D eigenvalue weighted by Crippen LogP contribution is 2.39. The molecule has 2 aliphatic rings. The van der Waals surface area contributed by atoms with E-state index in [2.05, 4.69) is 11.4 Å². The number of hydrogen-bond donors (Lipinski definition) is 1. The highest BCUT2D eigenvalue weighted by Gasteiger charge is 2.43. The van der Waals surface area contributed by atoms with Crippen LogP contribution in [-0.2, 0) is 14.3 Å². The van der Waals surface area contributed by atoms with E-state index in [1.54, 1.807) is 31.2 Å².